The third-order valence-corrected chi connectivity index (χ3v) is 4.28. The Hall–Kier alpha value is -0.160. The number of ether oxygens (including phenoxy) is 4. The van der Waals surface area contributed by atoms with Crippen LogP contribution in [0.25, 0.3) is 0 Å². The zero-order chi connectivity index (χ0) is 16.2. The molecule has 0 aromatic rings. The highest BCUT2D eigenvalue weighted by molar-refractivity contribution is 4.82. The predicted molar refractivity (Wildman–Crippen MR) is 87.1 cm³/mol. The number of hydrogen-bond donors (Lipinski definition) is 0. The Labute approximate surface area is 135 Å². The Morgan fingerprint density at radius 2 is 1.32 bits per heavy atom. The smallest absolute Gasteiger partial charge is 0.0818 e. The molecule has 2 aliphatic heterocycles. The molecular formula is C18H34O4. The van der Waals surface area contributed by atoms with Crippen LogP contribution in [0.5, 0.6) is 0 Å². The lowest BCUT2D eigenvalue weighted by Crippen LogP contribution is -2.41. The molecule has 2 fully saturated rings. The lowest BCUT2D eigenvalue weighted by atomic mass is 9.81. The van der Waals surface area contributed by atoms with E-state index in [1.54, 1.807) is 0 Å². The molecule has 0 radical (unpaired) electrons. The van der Waals surface area contributed by atoms with Crippen molar-refractivity contribution in [2.45, 2.75) is 72.2 Å². The van der Waals surface area contributed by atoms with Gasteiger partial charge in [-0.15, -0.1) is 0 Å². The molecule has 0 amide bonds. The molecule has 4 heteroatoms. The molecule has 2 aliphatic rings. The van der Waals surface area contributed by atoms with Crippen LogP contribution < -0.4 is 0 Å². The van der Waals surface area contributed by atoms with Crippen molar-refractivity contribution < 1.29 is 18.9 Å². The van der Waals surface area contributed by atoms with Gasteiger partial charge in [-0.3, -0.25) is 0 Å². The second-order valence-electron chi connectivity index (χ2n) is 8.82. The molecule has 0 saturated carbocycles. The van der Waals surface area contributed by atoms with E-state index < -0.39 is 0 Å². The van der Waals surface area contributed by atoms with Crippen LogP contribution in [0.1, 0.15) is 53.9 Å². The summed E-state index contributed by atoms with van der Waals surface area (Å²) >= 11 is 0. The summed E-state index contributed by atoms with van der Waals surface area (Å²) in [6.45, 7) is 15.0. The van der Waals surface area contributed by atoms with Crippen LogP contribution in [0.15, 0.2) is 0 Å². The van der Waals surface area contributed by atoms with Crippen LogP contribution >= 0.6 is 0 Å². The summed E-state index contributed by atoms with van der Waals surface area (Å²) in [6.07, 6.45) is 3.71. The Bertz CT molecular complexity index is 328. The minimum absolute atomic E-state index is 0.170. The monoisotopic (exact) mass is 314 g/mol. The Balaban J connectivity index is 1.80. The van der Waals surface area contributed by atoms with Gasteiger partial charge in [-0.2, -0.15) is 0 Å². The number of rotatable bonds is 5. The van der Waals surface area contributed by atoms with E-state index in [4.69, 9.17) is 18.9 Å². The Kier molecular flexibility index (Phi) is 6.29. The van der Waals surface area contributed by atoms with Crippen molar-refractivity contribution in [3.05, 3.63) is 0 Å². The van der Waals surface area contributed by atoms with E-state index in [-0.39, 0.29) is 29.1 Å². The Morgan fingerprint density at radius 3 is 1.91 bits per heavy atom. The van der Waals surface area contributed by atoms with Crippen molar-refractivity contribution in [1.29, 1.82) is 0 Å². The van der Waals surface area contributed by atoms with Crippen LogP contribution in [-0.4, -0.2) is 51.3 Å². The molecule has 3 atom stereocenters. The van der Waals surface area contributed by atoms with Gasteiger partial charge >= 0.3 is 0 Å². The minimum Gasteiger partial charge on any atom is -0.376 e. The second kappa shape index (κ2) is 7.61. The molecule has 2 saturated heterocycles. The van der Waals surface area contributed by atoms with E-state index in [0.717, 1.165) is 45.7 Å². The van der Waals surface area contributed by atoms with Crippen molar-refractivity contribution in [2.24, 2.45) is 10.8 Å². The SMILES string of the molecule is CC(C)(C)C[C@H]1COCC(CC(C)(C)C[C@@H]2COCCO2)O1. The highest BCUT2D eigenvalue weighted by atomic mass is 16.6. The predicted octanol–water partition coefficient (Wildman–Crippen LogP) is 3.43. The van der Waals surface area contributed by atoms with Crippen LogP contribution in [0.2, 0.25) is 0 Å². The van der Waals surface area contributed by atoms with Gasteiger partial charge in [-0.1, -0.05) is 34.6 Å². The molecule has 0 aromatic carbocycles. The van der Waals surface area contributed by atoms with E-state index in [1.807, 2.05) is 0 Å². The first-order valence-corrected chi connectivity index (χ1v) is 8.66. The molecule has 0 aromatic heterocycles. The van der Waals surface area contributed by atoms with E-state index in [2.05, 4.69) is 34.6 Å². The fraction of sp³-hybridized carbons (Fsp3) is 1.00. The van der Waals surface area contributed by atoms with Crippen LogP contribution in [0.4, 0.5) is 0 Å². The van der Waals surface area contributed by atoms with E-state index in [0.29, 0.717) is 6.61 Å². The molecule has 2 heterocycles. The van der Waals surface area contributed by atoms with Crippen molar-refractivity contribution in [2.75, 3.05) is 33.0 Å². The van der Waals surface area contributed by atoms with E-state index >= 15 is 0 Å². The maximum absolute atomic E-state index is 6.29. The molecular weight excluding hydrogens is 280 g/mol. The van der Waals surface area contributed by atoms with Gasteiger partial charge in [0.15, 0.2) is 0 Å². The van der Waals surface area contributed by atoms with Crippen LogP contribution in [0, 0.1) is 10.8 Å². The third-order valence-electron chi connectivity index (χ3n) is 4.28. The topological polar surface area (TPSA) is 36.9 Å². The summed E-state index contributed by atoms with van der Waals surface area (Å²) in [6, 6.07) is 0. The van der Waals surface area contributed by atoms with Crippen molar-refractivity contribution >= 4 is 0 Å². The van der Waals surface area contributed by atoms with Gasteiger partial charge in [0.25, 0.3) is 0 Å². The summed E-state index contributed by atoms with van der Waals surface area (Å²) in [5.74, 6) is 0. The normalized spacial score (nSPS) is 31.2. The maximum Gasteiger partial charge on any atom is 0.0818 e. The van der Waals surface area contributed by atoms with Crippen molar-refractivity contribution in [3.8, 4) is 0 Å². The third kappa shape index (κ3) is 6.53. The molecule has 0 spiro atoms. The molecule has 130 valence electrons. The standard InChI is InChI=1S/C18H34O4/c1-17(2,3)8-15-12-20-13-16(22-15)10-18(4,5)9-14-11-19-6-7-21-14/h14-16H,6-13H2,1-5H3/t14-,15+,16?/m1/s1. The van der Waals surface area contributed by atoms with Gasteiger partial charge in [-0.25, -0.2) is 0 Å². The summed E-state index contributed by atoms with van der Waals surface area (Å²) < 4.78 is 23.4. The molecule has 1 unspecified atom stereocenters. The first-order valence-electron chi connectivity index (χ1n) is 8.66. The molecule has 0 bridgehead atoms. The summed E-state index contributed by atoms with van der Waals surface area (Å²) in [5.41, 5.74) is 0.446. The van der Waals surface area contributed by atoms with Gasteiger partial charge in [0, 0.05) is 0 Å². The molecule has 2 rings (SSSR count). The van der Waals surface area contributed by atoms with Gasteiger partial charge in [0.05, 0.1) is 51.3 Å². The first-order chi connectivity index (χ1) is 10.2. The molecule has 4 nitrogen and oxygen atoms in total. The molecule has 0 N–H and O–H groups in total. The second-order valence-corrected chi connectivity index (χ2v) is 8.82. The van der Waals surface area contributed by atoms with E-state index in [1.165, 1.54) is 0 Å². The largest absolute Gasteiger partial charge is 0.376 e. The lowest BCUT2D eigenvalue weighted by molar-refractivity contribution is -0.161. The van der Waals surface area contributed by atoms with Gasteiger partial charge in [-0.05, 0) is 30.1 Å². The summed E-state index contributed by atoms with van der Waals surface area (Å²) in [4.78, 5) is 0. The minimum atomic E-state index is 0.170. The molecule has 22 heavy (non-hydrogen) atoms. The van der Waals surface area contributed by atoms with Crippen LogP contribution in [0.3, 0.4) is 0 Å². The zero-order valence-corrected chi connectivity index (χ0v) is 15.0. The summed E-state index contributed by atoms with van der Waals surface area (Å²) in [5, 5.41) is 0. The van der Waals surface area contributed by atoms with Gasteiger partial charge in [0.2, 0.25) is 0 Å². The van der Waals surface area contributed by atoms with Crippen molar-refractivity contribution in [1.82, 2.24) is 0 Å². The van der Waals surface area contributed by atoms with Gasteiger partial charge in [0.1, 0.15) is 0 Å². The summed E-state index contributed by atoms with van der Waals surface area (Å²) in [7, 11) is 0. The molecule has 0 aliphatic carbocycles. The first kappa shape index (κ1) is 18.2. The lowest BCUT2D eigenvalue weighted by Gasteiger charge is -2.38. The number of hydrogen-bond acceptors (Lipinski definition) is 4. The van der Waals surface area contributed by atoms with Crippen molar-refractivity contribution in [3.63, 3.8) is 0 Å². The quantitative estimate of drug-likeness (QED) is 0.779. The highest BCUT2D eigenvalue weighted by Gasteiger charge is 2.33. The van der Waals surface area contributed by atoms with Gasteiger partial charge < -0.3 is 18.9 Å². The zero-order valence-electron chi connectivity index (χ0n) is 15.0. The fourth-order valence-corrected chi connectivity index (χ4v) is 3.55. The highest BCUT2D eigenvalue weighted by Crippen LogP contribution is 2.33. The Morgan fingerprint density at radius 1 is 0.727 bits per heavy atom. The van der Waals surface area contributed by atoms with Crippen LogP contribution in [-0.2, 0) is 18.9 Å². The van der Waals surface area contributed by atoms with E-state index in [9.17, 15) is 0 Å². The average Bonchev–Trinajstić information content (AvgIpc) is 2.36. The fourth-order valence-electron chi connectivity index (χ4n) is 3.55. The maximum atomic E-state index is 6.29. The average molecular weight is 314 g/mol.